The molecule has 0 fully saturated rings. The fourth-order valence-corrected chi connectivity index (χ4v) is 0. The van der Waals surface area contributed by atoms with E-state index in [1.807, 2.05) is 0 Å². The molecule has 60 valence electrons. The fraction of sp³-hybridized carbons (Fsp3) is 1.00. The second-order valence-electron chi connectivity index (χ2n) is 3.30. The molecular formula is C4H13F3SSi. The minimum absolute atomic E-state index is 0.483. The van der Waals surface area contributed by atoms with Gasteiger partial charge in [-0.05, 0) is 0 Å². The van der Waals surface area contributed by atoms with Gasteiger partial charge in [0.25, 0.3) is 0 Å². The number of hydrogen-bond acceptors (Lipinski definition) is 0. The van der Waals surface area contributed by atoms with Gasteiger partial charge in [-0.3, -0.25) is 0 Å². The lowest BCUT2D eigenvalue weighted by Gasteiger charge is -2.55. The molecule has 0 amide bonds. The first kappa shape index (κ1) is 9.36. The van der Waals surface area contributed by atoms with Crippen LogP contribution in [0.1, 0.15) is 13.8 Å². The minimum atomic E-state index is -5.98. The molecule has 0 unspecified atom stereocenters. The van der Waals surface area contributed by atoms with Crippen molar-refractivity contribution >= 4 is 18.3 Å². The van der Waals surface area contributed by atoms with E-state index in [-0.39, 0.29) is 0 Å². The molecule has 0 aliphatic heterocycles. The van der Waals surface area contributed by atoms with Crippen LogP contribution >= 0.6 is 8.90 Å². The first-order chi connectivity index (χ1) is 3.43. The highest BCUT2D eigenvalue weighted by molar-refractivity contribution is 8.68. The molecule has 0 aliphatic carbocycles. The van der Waals surface area contributed by atoms with Gasteiger partial charge in [-0.2, -0.15) is 11.7 Å². The lowest BCUT2D eigenvalue weighted by molar-refractivity contribution is 0.565. The highest BCUT2D eigenvalue weighted by Gasteiger charge is 2.54. The van der Waals surface area contributed by atoms with Gasteiger partial charge in [-0.25, -0.2) is 0 Å². The summed E-state index contributed by atoms with van der Waals surface area (Å²) in [5, 5.41) is -1.13. The number of hydrogen-bond donors (Lipinski definition) is 0. The molecule has 0 spiro atoms. The van der Waals surface area contributed by atoms with Crippen molar-refractivity contribution in [1.82, 2.24) is 0 Å². The van der Waals surface area contributed by atoms with Gasteiger partial charge in [0.05, 0.1) is 0 Å². The SMILES string of the molecule is CC(C)S(C)(F)(F)(F)[SiH3]. The van der Waals surface area contributed by atoms with Crippen molar-refractivity contribution in [1.29, 1.82) is 0 Å². The summed E-state index contributed by atoms with van der Waals surface area (Å²) in [6.45, 7) is 2.46. The molecule has 0 heterocycles. The maximum absolute atomic E-state index is 12.7. The van der Waals surface area contributed by atoms with E-state index < -0.39 is 23.5 Å². The van der Waals surface area contributed by atoms with E-state index in [0.717, 1.165) is 0 Å². The van der Waals surface area contributed by atoms with Gasteiger partial charge in [-0.15, -0.1) is 0 Å². The summed E-state index contributed by atoms with van der Waals surface area (Å²) >= 11 is 0. The zero-order chi connectivity index (χ0) is 7.99. The largest absolute Gasteiger partial charge is 0.160 e. The van der Waals surface area contributed by atoms with Crippen molar-refractivity contribution in [3.63, 3.8) is 0 Å². The third-order valence-electron chi connectivity index (χ3n) is 1.48. The van der Waals surface area contributed by atoms with Crippen molar-refractivity contribution in [2.75, 3.05) is 6.26 Å². The molecule has 0 aromatic rings. The van der Waals surface area contributed by atoms with Crippen LogP contribution in [0.15, 0.2) is 0 Å². The van der Waals surface area contributed by atoms with Crippen LogP contribution in [0.5, 0.6) is 0 Å². The molecule has 0 saturated heterocycles. The van der Waals surface area contributed by atoms with Crippen molar-refractivity contribution in [2.24, 2.45) is 0 Å². The van der Waals surface area contributed by atoms with Crippen molar-refractivity contribution in [2.45, 2.75) is 19.1 Å². The van der Waals surface area contributed by atoms with E-state index in [0.29, 0.717) is 6.26 Å². The lowest BCUT2D eigenvalue weighted by Crippen LogP contribution is -2.27. The molecule has 9 heavy (non-hydrogen) atoms. The average Bonchev–Trinajstić information content (AvgIpc) is 1.24. The summed E-state index contributed by atoms with van der Waals surface area (Å²) in [6.07, 6.45) is 0.483. The summed E-state index contributed by atoms with van der Waals surface area (Å²) in [5.41, 5.74) is 0. The Balaban J connectivity index is 4.76. The Kier molecular flexibility index (Phi) is 1.40. The zero-order valence-electron chi connectivity index (χ0n) is 6.12. The average molecular weight is 178 g/mol. The van der Waals surface area contributed by atoms with E-state index in [1.165, 1.54) is 13.8 Å². The van der Waals surface area contributed by atoms with Gasteiger partial charge in [0.1, 0.15) is 9.39 Å². The summed E-state index contributed by atoms with van der Waals surface area (Å²) in [4.78, 5) is 0. The molecule has 0 aliphatic rings. The van der Waals surface area contributed by atoms with Crippen LogP contribution in [-0.2, 0) is 0 Å². The molecular weight excluding hydrogens is 165 g/mol. The van der Waals surface area contributed by atoms with Crippen LogP contribution in [-0.4, -0.2) is 20.9 Å². The third kappa shape index (κ3) is 3.15. The molecule has 5 heteroatoms. The van der Waals surface area contributed by atoms with Crippen LogP contribution in [0, 0.1) is 0 Å². The van der Waals surface area contributed by atoms with Gasteiger partial charge in [-0.1, -0.05) is 13.8 Å². The number of rotatable bonds is 1. The molecule has 0 radical (unpaired) electrons. The molecule has 0 rings (SSSR count). The summed E-state index contributed by atoms with van der Waals surface area (Å²) < 4.78 is 38.2. The summed E-state index contributed by atoms with van der Waals surface area (Å²) in [6, 6.07) is 0. The Labute approximate surface area is 56.0 Å². The van der Waals surface area contributed by atoms with Crippen LogP contribution in [0.4, 0.5) is 11.7 Å². The highest BCUT2D eigenvalue weighted by atomic mass is 32.6. The Hall–Kier alpha value is 0.357. The fourth-order valence-electron chi connectivity index (χ4n) is 0. The van der Waals surface area contributed by atoms with Crippen LogP contribution in [0.25, 0.3) is 0 Å². The van der Waals surface area contributed by atoms with Crippen LogP contribution < -0.4 is 0 Å². The van der Waals surface area contributed by atoms with Crippen LogP contribution in [0.2, 0.25) is 0 Å². The predicted octanol–water partition coefficient (Wildman–Crippen LogP) is 1.83. The molecule has 0 atom stereocenters. The van der Waals surface area contributed by atoms with Gasteiger partial charge in [0, 0.05) is 20.4 Å². The van der Waals surface area contributed by atoms with E-state index in [2.05, 4.69) is 0 Å². The molecule has 0 N–H and O–H groups in total. The quantitative estimate of drug-likeness (QED) is 0.537. The topological polar surface area (TPSA) is 0 Å². The minimum Gasteiger partial charge on any atom is -0.160 e. The Morgan fingerprint density at radius 3 is 1.33 bits per heavy atom. The first-order valence-electron chi connectivity index (χ1n) is 2.67. The first-order valence-corrected chi connectivity index (χ1v) is 8.15. The van der Waals surface area contributed by atoms with E-state index in [4.69, 9.17) is 0 Å². The van der Waals surface area contributed by atoms with E-state index in [9.17, 15) is 11.7 Å². The van der Waals surface area contributed by atoms with Crippen molar-refractivity contribution < 1.29 is 11.7 Å². The summed E-state index contributed by atoms with van der Waals surface area (Å²) in [7, 11) is -6.63. The monoisotopic (exact) mass is 178 g/mol. The van der Waals surface area contributed by atoms with Gasteiger partial charge in [0.15, 0.2) is 0 Å². The van der Waals surface area contributed by atoms with Gasteiger partial charge >= 0.3 is 0 Å². The predicted molar refractivity (Wildman–Crippen MR) is 41.9 cm³/mol. The Bertz CT molecular complexity index is 119. The molecule has 0 aromatic carbocycles. The van der Waals surface area contributed by atoms with E-state index in [1.54, 1.807) is 0 Å². The summed E-state index contributed by atoms with van der Waals surface area (Å²) in [5.74, 6) is 0. The third-order valence-corrected chi connectivity index (χ3v) is 7.26. The molecule has 0 saturated carbocycles. The van der Waals surface area contributed by atoms with Crippen LogP contribution in [0.3, 0.4) is 0 Å². The number of halogens is 3. The zero-order valence-corrected chi connectivity index (χ0v) is 8.94. The highest BCUT2D eigenvalue weighted by Crippen LogP contribution is 2.91. The second-order valence-corrected chi connectivity index (χ2v) is 15.4. The molecule has 0 aromatic heterocycles. The van der Waals surface area contributed by atoms with E-state index >= 15 is 0 Å². The van der Waals surface area contributed by atoms with Crippen molar-refractivity contribution in [3.05, 3.63) is 0 Å². The van der Waals surface area contributed by atoms with Gasteiger partial charge < -0.3 is 0 Å². The lowest BCUT2D eigenvalue weighted by atomic mass is 10.6. The standard InChI is InChI=1S/C4H13F3SSi/c1-4(2)8(3,5,6,7)9/h4H,1-3,9H3. The molecule has 0 bridgehead atoms. The Morgan fingerprint density at radius 2 is 1.33 bits per heavy atom. The normalized spacial score (nSPS) is 21.7. The maximum atomic E-state index is 12.7. The van der Waals surface area contributed by atoms with Crippen molar-refractivity contribution in [3.8, 4) is 0 Å². The second kappa shape index (κ2) is 1.34. The molecule has 0 nitrogen and oxygen atoms in total. The van der Waals surface area contributed by atoms with Gasteiger partial charge in [0.2, 0.25) is 0 Å². The maximum Gasteiger partial charge on any atom is 0.129 e. The smallest absolute Gasteiger partial charge is 0.129 e. The Morgan fingerprint density at radius 1 is 1.22 bits per heavy atom.